The van der Waals surface area contributed by atoms with Gasteiger partial charge >= 0.3 is 0 Å². The second-order valence-corrected chi connectivity index (χ2v) is 5.24. The summed E-state index contributed by atoms with van der Waals surface area (Å²) in [6, 6.07) is 7.49. The van der Waals surface area contributed by atoms with Crippen molar-refractivity contribution in [1.82, 2.24) is 4.98 Å². The van der Waals surface area contributed by atoms with Crippen LogP contribution in [0.1, 0.15) is 17.5 Å². The van der Waals surface area contributed by atoms with Gasteiger partial charge in [-0.3, -0.25) is 9.78 Å². The molecule has 0 saturated heterocycles. The number of anilines is 2. The number of nitrogen functional groups attached to an aromatic ring is 1. The molecule has 2 heterocycles. The standard InChI is InChI=1S/C15H14ClN3O/c16-13-8-18-6-5-11(13)9-19-14-3-2-12(17)7-10(14)1-4-15(19)20/h2-3,5-8H,1,4,9,17H2. The molecule has 1 aromatic carbocycles. The first-order chi connectivity index (χ1) is 9.65. The number of hydrogen-bond acceptors (Lipinski definition) is 3. The summed E-state index contributed by atoms with van der Waals surface area (Å²) in [7, 11) is 0. The van der Waals surface area contributed by atoms with Gasteiger partial charge in [0.2, 0.25) is 5.91 Å². The van der Waals surface area contributed by atoms with Crippen molar-refractivity contribution in [2.45, 2.75) is 19.4 Å². The molecule has 5 heteroatoms. The second-order valence-electron chi connectivity index (χ2n) is 4.84. The summed E-state index contributed by atoms with van der Waals surface area (Å²) in [6.07, 6.45) is 4.51. The molecule has 0 bridgehead atoms. The van der Waals surface area contributed by atoms with E-state index in [0.717, 1.165) is 28.9 Å². The monoisotopic (exact) mass is 287 g/mol. The Morgan fingerprint density at radius 2 is 2.15 bits per heavy atom. The molecular formula is C15H14ClN3O. The maximum atomic E-state index is 12.2. The number of hydrogen-bond donors (Lipinski definition) is 1. The molecule has 0 fully saturated rings. The number of nitrogens with two attached hydrogens (primary N) is 1. The number of halogens is 1. The molecule has 4 nitrogen and oxygen atoms in total. The SMILES string of the molecule is Nc1ccc2c(c1)CCC(=O)N2Cc1ccncc1Cl. The van der Waals surface area contributed by atoms with Crippen molar-refractivity contribution in [1.29, 1.82) is 0 Å². The fourth-order valence-electron chi connectivity index (χ4n) is 2.46. The highest BCUT2D eigenvalue weighted by Gasteiger charge is 2.24. The first-order valence-electron chi connectivity index (χ1n) is 6.42. The summed E-state index contributed by atoms with van der Waals surface area (Å²) in [5.74, 6) is 0.107. The van der Waals surface area contributed by atoms with Gasteiger partial charge in [-0.25, -0.2) is 0 Å². The molecule has 0 saturated carbocycles. The van der Waals surface area contributed by atoms with Crippen LogP contribution < -0.4 is 10.6 Å². The van der Waals surface area contributed by atoms with Gasteiger partial charge in [0.25, 0.3) is 0 Å². The van der Waals surface area contributed by atoms with E-state index in [4.69, 9.17) is 17.3 Å². The number of rotatable bonds is 2. The molecule has 2 N–H and O–H groups in total. The van der Waals surface area contributed by atoms with Gasteiger partial charge in [-0.1, -0.05) is 11.6 Å². The summed E-state index contributed by atoms with van der Waals surface area (Å²) in [5, 5.41) is 0.572. The topological polar surface area (TPSA) is 59.2 Å². The van der Waals surface area contributed by atoms with Crippen molar-refractivity contribution in [3.63, 3.8) is 0 Å². The van der Waals surface area contributed by atoms with Gasteiger partial charge in [0.15, 0.2) is 0 Å². The van der Waals surface area contributed by atoms with Crippen molar-refractivity contribution in [2.24, 2.45) is 0 Å². The lowest BCUT2D eigenvalue weighted by atomic mass is 10.00. The molecule has 0 aliphatic carbocycles. The summed E-state index contributed by atoms with van der Waals surface area (Å²) in [6.45, 7) is 0.455. The van der Waals surface area contributed by atoms with E-state index in [1.807, 2.05) is 24.3 Å². The summed E-state index contributed by atoms with van der Waals surface area (Å²) < 4.78 is 0. The fourth-order valence-corrected chi connectivity index (χ4v) is 2.63. The van der Waals surface area contributed by atoms with Gasteiger partial charge in [-0.15, -0.1) is 0 Å². The summed E-state index contributed by atoms with van der Waals surface area (Å²) in [5.41, 5.74) is 9.44. The Morgan fingerprint density at radius 1 is 1.30 bits per heavy atom. The van der Waals surface area contributed by atoms with Crippen LogP contribution in [-0.4, -0.2) is 10.9 Å². The normalized spacial score (nSPS) is 14.2. The summed E-state index contributed by atoms with van der Waals surface area (Å²) >= 11 is 6.12. The van der Waals surface area contributed by atoms with E-state index in [2.05, 4.69) is 4.98 Å². The number of carbonyl (C=O) groups excluding carboxylic acids is 1. The molecule has 3 rings (SSSR count). The number of fused-ring (bicyclic) bond motifs is 1. The van der Waals surface area contributed by atoms with Gasteiger partial charge in [0, 0.05) is 30.2 Å². The molecule has 1 aromatic heterocycles. The third-order valence-electron chi connectivity index (χ3n) is 3.49. The highest BCUT2D eigenvalue weighted by atomic mass is 35.5. The molecule has 2 aromatic rings. The minimum atomic E-state index is 0.107. The van der Waals surface area contributed by atoms with Crippen LogP contribution in [0.4, 0.5) is 11.4 Å². The number of amides is 1. The number of benzene rings is 1. The van der Waals surface area contributed by atoms with Gasteiger partial charge in [-0.2, -0.15) is 0 Å². The lowest BCUT2D eigenvalue weighted by molar-refractivity contribution is -0.119. The zero-order valence-corrected chi connectivity index (χ0v) is 11.6. The van der Waals surface area contributed by atoms with Crippen LogP contribution in [0.25, 0.3) is 0 Å². The Labute approximate surface area is 122 Å². The number of nitrogens with zero attached hydrogens (tertiary/aromatic N) is 2. The molecule has 1 amide bonds. The molecule has 20 heavy (non-hydrogen) atoms. The van der Waals surface area contributed by atoms with Crippen molar-refractivity contribution in [3.8, 4) is 0 Å². The molecule has 1 aliphatic heterocycles. The maximum Gasteiger partial charge on any atom is 0.227 e. The molecule has 0 unspecified atom stereocenters. The Bertz CT molecular complexity index is 672. The molecule has 0 radical (unpaired) electrons. The third kappa shape index (κ3) is 2.34. The van der Waals surface area contributed by atoms with Crippen LogP contribution >= 0.6 is 11.6 Å². The number of aromatic nitrogens is 1. The molecule has 1 aliphatic rings. The van der Waals surface area contributed by atoms with Crippen molar-refractivity contribution < 1.29 is 4.79 Å². The Balaban J connectivity index is 1.97. The predicted molar refractivity (Wildman–Crippen MR) is 79.6 cm³/mol. The molecule has 102 valence electrons. The third-order valence-corrected chi connectivity index (χ3v) is 3.83. The second kappa shape index (κ2) is 5.13. The van der Waals surface area contributed by atoms with E-state index >= 15 is 0 Å². The van der Waals surface area contributed by atoms with Crippen LogP contribution in [0.15, 0.2) is 36.7 Å². The lowest BCUT2D eigenvalue weighted by Crippen LogP contribution is -2.34. The molecule has 0 spiro atoms. The van der Waals surface area contributed by atoms with E-state index in [1.165, 1.54) is 0 Å². The summed E-state index contributed by atoms with van der Waals surface area (Å²) in [4.78, 5) is 17.9. The van der Waals surface area contributed by atoms with Crippen molar-refractivity contribution in [3.05, 3.63) is 52.8 Å². The minimum Gasteiger partial charge on any atom is -0.399 e. The Hall–Kier alpha value is -2.07. The Morgan fingerprint density at radius 3 is 2.95 bits per heavy atom. The van der Waals surface area contributed by atoms with Crippen molar-refractivity contribution >= 4 is 28.9 Å². The fraction of sp³-hybridized carbons (Fsp3) is 0.200. The quantitative estimate of drug-likeness (QED) is 0.864. The number of pyridine rings is 1. The van der Waals surface area contributed by atoms with E-state index < -0.39 is 0 Å². The number of aryl methyl sites for hydroxylation is 1. The zero-order chi connectivity index (χ0) is 14.1. The van der Waals surface area contributed by atoms with E-state index in [-0.39, 0.29) is 5.91 Å². The highest BCUT2D eigenvalue weighted by Crippen LogP contribution is 2.31. The zero-order valence-electron chi connectivity index (χ0n) is 10.8. The van der Waals surface area contributed by atoms with Crippen LogP contribution in [0.2, 0.25) is 5.02 Å². The van der Waals surface area contributed by atoms with Crippen LogP contribution in [0.3, 0.4) is 0 Å². The van der Waals surface area contributed by atoms with Crippen LogP contribution in [0.5, 0.6) is 0 Å². The minimum absolute atomic E-state index is 0.107. The van der Waals surface area contributed by atoms with Crippen LogP contribution in [-0.2, 0) is 17.8 Å². The molecular weight excluding hydrogens is 274 g/mol. The average Bonchev–Trinajstić information content (AvgIpc) is 2.44. The van der Waals surface area contributed by atoms with E-state index in [9.17, 15) is 4.79 Å². The van der Waals surface area contributed by atoms with E-state index in [0.29, 0.717) is 18.0 Å². The van der Waals surface area contributed by atoms with Gasteiger partial charge in [0.1, 0.15) is 0 Å². The lowest BCUT2D eigenvalue weighted by Gasteiger charge is -2.30. The highest BCUT2D eigenvalue weighted by molar-refractivity contribution is 6.31. The van der Waals surface area contributed by atoms with Gasteiger partial charge < -0.3 is 10.6 Å². The average molecular weight is 288 g/mol. The van der Waals surface area contributed by atoms with Gasteiger partial charge in [-0.05, 0) is 41.8 Å². The maximum absolute atomic E-state index is 12.2. The Kier molecular flexibility index (Phi) is 3.32. The first-order valence-corrected chi connectivity index (χ1v) is 6.80. The number of carbonyl (C=O) groups is 1. The molecule has 0 atom stereocenters. The van der Waals surface area contributed by atoms with Gasteiger partial charge in [0.05, 0.1) is 11.6 Å². The van der Waals surface area contributed by atoms with E-state index in [1.54, 1.807) is 17.3 Å². The largest absolute Gasteiger partial charge is 0.399 e. The van der Waals surface area contributed by atoms with Crippen molar-refractivity contribution in [2.75, 3.05) is 10.6 Å². The first kappa shape index (κ1) is 12.9. The van der Waals surface area contributed by atoms with Crippen LogP contribution in [0, 0.1) is 0 Å². The smallest absolute Gasteiger partial charge is 0.227 e. The predicted octanol–water partition coefficient (Wildman–Crippen LogP) is 2.80.